The van der Waals surface area contributed by atoms with Crippen LogP contribution in [0.4, 0.5) is 0 Å². The predicted octanol–water partition coefficient (Wildman–Crippen LogP) is 2.92. The van der Waals surface area contributed by atoms with Gasteiger partial charge in [-0.3, -0.25) is 9.59 Å². The molecule has 2 fully saturated rings. The molecule has 1 aromatic carbocycles. The molecule has 3 atom stereocenters. The molecule has 3 aliphatic rings. The molecule has 0 aromatic heterocycles. The zero-order valence-corrected chi connectivity index (χ0v) is 16.5. The van der Waals surface area contributed by atoms with Gasteiger partial charge in [-0.25, -0.2) is 0 Å². The first-order chi connectivity index (χ1) is 12.6. The second-order valence-corrected chi connectivity index (χ2v) is 10.2. The molecule has 0 N–H and O–H groups in total. The van der Waals surface area contributed by atoms with Crippen LogP contribution in [0.2, 0.25) is 0 Å². The molecule has 6 nitrogen and oxygen atoms in total. The number of hydrogen-bond donors (Lipinski definition) is 0. The second kappa shape index (κ2) is 5.75. The van der Waals surface area contributed by atoms with E-state index in [-0.39, 0.29) is 11.0 Å². The molecule has 2 saturated carbocycles. The fourth-order valence-corrected chi connectivity index (χ4v) is 7.05. The van der Waals surface area contributed by atoms with E-state index in [0.717, 1.165) is 18.9 Å². The van der Waals surface area contributed by atoms with Crippen LogP contribution in [-0.4, -0.2) is 30.5 Å². The summed E-state index contributed by atoms with van der Waals surface area (Å²) in [6, 6.07) is 8.66. The summed E-state index contributed by atoms with van der Waals surface area (Å²) >= 11 is 0. The van der Waals surface area contributed by atoms with E-state index in [2.05, 4.69) is 13.8 Å². The summed E-state index contributed by atoms with van der Waals surface area (Å²) in [7, 11) is -4.12. The number of amides is 2. The van der Waals surface area contributed by atoms with Crippen LogP contribution in [-0.2, 0) is 24.0 Å². The standard InChI is InChI=1S/C20H23NO5S/c1-19(2)14-9-10-20(19,3)16(11-14)27(24,25)26-21-17(22)12-15(18(21)23)13-7-5-4-6-8-13/h4-8,12,14,16H,9-11H2,1-3H3. The van der Waals surface area contributed by atoms with Crippen LogP contribution in [0.15, 0.2) is 36.4 Å². The highest BCUT2D eigenvalue weighted by Crippen LogP contribution is 2.67. The summed E-state index contributed by atoms with van der Waals surface area (Å²) in [5.41, 5.74) is 0.126. The maximum Gasteiger partial charge on any atom is 0.292 e. The smallest absolute Gasteiger partial charge is 0.267 e. The number of fused-ring (bicyclic) bond motifs is 2. The first-order valence-corrected chi connectivity index (χ1v) is 10.6. The Morgan fingerprint density at radius 3 is 2.33 bits per heavy atom. The largest absolute Gasteiger partial charge is 0.292 e. The average molecular weight is 389 g/mol. The molecule has 3 unspecified atom stereocenters. The Hall–Kier alpha value is -1.99. The van der Waals surface area contributed by atoms with E-state index in [4.69, 9.17) is 4.28 Å². The van der Waals surface area contributed by atoms with Crippen molar-refractivity contribution in [3.8, 4) is 0 Å². The molecule has 27 heavy (non-hydrogen) atoms. The monoisotopic (exact) mass is 389 g/mol. The molecule has 2 aliphatic carbocycles. The fraction of sp³-hybridized carbons (Fsp3) is 0.500. The van der Waals surface area contributed by atoms with Gasteiger partial charge < -0.3 is 0 Å². The minimum absolute atomic E-state index is 0.124. The lowest BCUT2D eigenvalue weighted by Crippen LogP contribution is -2.44. The minimum Gasteiger partial charge on any atom is -0.267 e. The number of hydroxylamine groups is 2. The Morgan fingerprint density at radius 2 is 1.78 bits per heavy atom. The third kappa shape index (κ3) is 2.51. The molecule has 7 heteroatoms. The summed E-state index contributed by atoms with van der Waals surface area (Å²) in [5.74, 6) is -1.22. The SMILES string of the molecule is CC1(C)C2CCC1(C)C(S(=O)(=O)ON1C(=O)C=C(c3ccccc3)C1=O)C2. The summed E-state index contributed by atoms with van der Waals surface area (Å²) in [6.07, 6.45) is 3.42. The molecule has 0 radical (unpaired) electrons. The zero-order valence-electron chi connectivity index (χ0n) is 15.6. The third-order valence-electron chi connectivity index (χ3n) is 7.21. The Labute approximate surface area is 159 Å². The highest BCUT2D eigenvalue weighted by atomic mass is 32.2. The Morgan fingerprint density at radius 1 is 1.11 bits per heavy atom. The van der Waals surface area contributed by atoms with E-state index in [9.17, 15) is 18.0 Å². The van der Waals surface area contributed by atoms with Crippen molar-refractivity contribution in [2.45, 2.75) is 45.3 Å². The lowest BCUT2D eigenvalue weighted by molar-refractivity contribution is -0.161. The Bertz CT molecular complexity index is 950. The third-order valence-corrected chi connectivity index (χ3v) is 8.97. The van der Waals surface area contributed by atoms with Gasteiger partial charge in [0.1, 0.15) is 0 Å². The van der Waals surface area contributed by atoms with Crippen molar-refractivity contribution in [2.24, 2.45) is 16.7 Å². The summed E-state index contributed by atoms with van der Waals surface area (Å²) in [5, 5.41) is -0.333. The average Bonchev–Trinajstić information content (AvgIpc) is 3.10. The van der Waals surface area contributed by atoms with Gasteiger partial charge in [0.15, 0.2) is 0 Å². The van der Waals surface area contributed by atoms with E-state index in [1.54, 1.807) is 30.3 Å². The van der Waals surface area contributed by atoms with Crippen molar-refractivity contribution in [1.29, 1.82) is 0 Å². The van der Waals surface area contributed by atoms with Gasteiger partial charge in [0.2, 0.25) is 0 Å². The van der Waals surface area contributed by atoms with E-state index in [0.29, 0.717) is 23.0 Å². The fourth-order valence-electron chi connectivity index (χ4n) is 5.07. The van der Waals surface area contributed by atoms with Crippen molar-refractivity contribution >= 4 is 27.5 Å². The lowest BCUT2D eigenvalue weighted by atomic mass is 9.71. The molecule has 2 bridgehead atoms. The molecule has 1 aliphatic heterocycles. The number of benzene rings is 1. The van der Waals surface area contributed by atoms with Gasteiger partial charge in [0.05, 0.1) is 10.8 Å². The maximum atomic E-state index is 13.0. The molecule has 144 valence electrons. The molecule has 1 aromatic rings. The highest BCUT2D eigenvalue weighted by Gasteiger charge is 2.65. The number of rotatable bonds is 4. The van der Waals surface area contributed by atoms with Crippen LogP contribution in [0.3, 0.4) is 0 Å². The first kappa shape index (κ1) is 18.4. The van der Waals surface area contributed by atoms with Crippen molar-refractivity contribution in [1.82, 2.24) is 5.06 Å². The molecular weight excluding hydrogens is 366 g/mol. The maximum absolute atomic E-state index is 13.0. The highest BCUT2D eigenvalue weighted by molar-refractivity contribution is 7.87. The Kier molecular flexibility index (Phi) is 3.92. The van der Waals surface area contributed by atoms with Gasteiger partial charge in [-0.1, -0.05) is 51.1 Å². The Balaban J connectivity index is 1.58. The molecular formula is C20H23NO5S. The number of carbonyl (C=O) groups is 2. The van der Waals surface area contributed by atoms with Crippen LogP contribution in [0, 0.1) is 16.7 Å². The molecule has 0 spiro atoms. The van der Waals surface area contributed by atoms with E-state index in [1.807, 2.05) is 6.92 Å². The van der Waals surface area contributed by atoms with Crippen LogP contribution in [0.5, 0.6) is 0 Å². The van der Waals surface area contributed by atoms with Crippen LogP contribution in [0.25, 0.3) is 5.57 Å². The lowest BCUT2D eigenvalue weighted by Gasteiger charge is -2.38. The molecule has 1 heterocycles. The van der Waals surface area contributed by atoms with Crippen LogP contribution < -0.4 is 0 Å². The van der Waals surface area contributed by atoms with Crippen molar-refractivity contribution in [2.75, 3.05) is 0 Å². The predicted molar refractivity (Wildman–Crippen MR) is 99.3 cm³/mol. The number of imide groups is 1. The van der Waals surface area contributed by atoms with E-state index in [1.165, 1.54) is 0 Å². The second-order valence-electron chi connectivity index (χ2n) is 8.53. The summed E-state index contributed by atoms with van der Waals surface area (Å²) in [6.45, 7) is 6.18. The van der Waals surface area contributed by atoms with Crippen LogP contribution >= 0.6 is 0 Å². The van der Waals surface area contributed by atoms with Gasteiger partial charge >= 0.3 is 0 Å². The normalized spacial score (nSPS) is 32.3. The van der Waals surface area contributed by atoms with Crippen molar-refractivity contribution in [3.05, 3.63) is 42.0 Å². The van der Waals surface area contributed by atoms with Crippen LogP contribution in [0.1, 0.15) is 45.6 Å². The minimum atomic E-state index is -4.12. The summed E-state index contributed by atoms with van der Waals surface area (Å²) in [4.78, 5) is 24.9. The van der Waals surface area contributed by atoms with Crippen molar-refractivity contribution < 1.29 is 22.3 Å². The van der Waals surface area contributed by atoms with Gasteiger partial charge in [-0.15, -0.1) is 9.35 Å². The zero-order chi connectivity index (χ0) is 19.6. The van der Waals surface area contributed by atoms with Gasteiger partial charge in [0, 0.05) is 6.08 Å². The molecule has 0 saturated heterocycles. The molecule has 2 amide bonds. The topological polar surface area (TPSA) is 80.8 Å². The van der Waals surface area contributed by atoms with Gasteiger partial charge in [-0.2, -0.15) is 8.42 Å². The van der Waals surface area contributed by atoms with Gasteiger partial charge in [-0.05, 0) is 41.6 Å². The van der Waals surface area contributed by atoms with Gasteiger partial charge in [0.25, 0.3) is 21.9 Å². The van der Waals surface area contributed by atoms with Crippen molar-refractivity contribution in [3.63, 3.8) is 0 Å². The number of hydrogen-bond acceptors (Lipinski definition) is 5. The molecule has 4 rings (SSSR count). The van der Waals surface area contributed by atoms with E-state index >= 15 is 0 Å². The van der Waals surface area contributed by atoms with E-state index < -0.39 is 32.6 Å². The first-order valence-electron chi connectivity index (χ1n) is 9.17. The summed E-state index contributed by atoms with van der Waals surface area (Å²) < 4.78 is 31.2. The number of carbonyl (C=O) groups excluding carboxylic acids is 2. The number of nitrogens with zero attached hydrogens (tertiary/aromatic N) is 1. The quantitative estimate of drug-likeness (QED) is 0.740.